The molecule has 2 fully saturated rings. The van der Waals surface area contributed by atoms with E-state index in [0.717, 1.165) is 25.7 Å². The third kappa shape index (κ3) is 3.65. The molecule has 6 heteroatoms. The zero-order chi connectivity index (χ0) is 18.1. The maximum Gasteiger partial charge on any atom is 0.226 e. The molecule has 1 aromatic carbocycles. The number of benzene rings is 1. The van der Waals surface area contributed by atoms with Crippen LogP contribution < -0.4 is 11.1 Å². The second-order valence-corrected chi connectivity index (χ2v) is 7.60. The second-order valence-electron chi connectivity index (χ2n) is 7.60. The van der Waals surface area contributed by atoms with Gasteiger partial charge in [0.2, 0.25) is 11.8 Å². The number of hydrogen-bond donors (Lipinski definition) is 2. The van der Waals surface area contributed by atoms with Gasteiger partial charge in [-0.05, 0) is 61.8 Å². The zero-order valence-corrected chi connectivity index (χ0v) is 14.7. The summed E-state index contributed by atoms with van der Waals surface area (Å²) in [6.45, 7) is 0. The van der Waals surface area contributed by atoms with Gasteiger partial charge < -0.3 is 15.5 Å². The van der Waals surface area contributed by atoms with Gasteiger partial charge >= 0.3 is 0 Å². The van der Waals surface area contributed by atoms with E-state index in [1.54, 1.807) is 12.1 Å². The van der Waals surface area contributed by atoms with Gasteiger partial charge in [-0.15, -0.1) is 0 Å². The fourth-order valence-corrected chi connectivity index (χ4v) is 4.54. The van der Waals surface area contributed by atoms with Crippen LogP contribution in [0.5, 0.6) is 0 Å². The van der Waals surface area contributed by atoms with E-state index in [-0.39, 0.29) is 30.2 Å². The minimum atomic E-state index is -0.308. The maximum atomic E-state index is 13.0. The van der Waals surface area contributed by atoms with Crippen LogP contribution in [-0.2, 0) is 11.2 Å². The third-order valence-corrected chi connectivity index (χ3v) is 5.69. The van der Waals surface area contributed by atoms with Crippen LogP contribution in [0.15, 0.2) is 34.9 Å². The Kier molecular flexibility index (Phi) is 4.76. The number of amides is 1. The van der Waals surface area contributed by atoms with E-state index in [9.17, 15) is 9.18 Å². The first-order valence-electron chi connectivity index (χ1n) is 9.34. The molecule has 2 unspecified atom stereocenters. The molecule has 4 rings (SSSR count). The summed E-state index contributed by atoms with van der Waals surface area (Å²) < 4.78 is 18.5. The Hall–Kier alpha value is -2.21. The smallest absolute Gasteiger partial charge is 0.226 e. The van der Waals surface area contributed by atoms with Crippen molar-refractivity contribution in [2.24, 2.45) is 17.6 Å². The zero-order valence-electron chi connectivity index (χ0n) is 14.7. The number of nitrogens with zero attached hydrogens (tertiary/aromatic N) is 1. The van der Waals surface area contributed by atoms with Crippen molar-refractivity contribution in [3.63, 3.8) is 0 Å². The molecule has 2 atom stereocenters. The molecule has 3 N–H and O–H groups in total. The molecule has 1 amide bonds. The van der Waals surface area contributed by atoms with Crippen molar-refractivity contribution < 1.29 is 13.6 Å². The van der Waals surface area contributed by atoms with Crippen LogP contribution in [0.3, 0.4) is 0 Å². The summed E-state index contributed by atoms with van der Waals surface area (Å²) in [4.78, 5) is 16.9. The molecule has 1 heterocycles. The first kappa shape index (κ1) is 17.2. The Bertz CT molecular complexity index is 760. The number of carbonyl (C=O) groups excluding carboxylic acids is 1. The summed E-state index contributed by atoms with van der Waals surface area (Å²) in [5, 5.41) is 3.22. The van der Waals surface area contributed by atoms with Gasteiger partial charge in [0.1, 0.15) is 12.1 Å². The quantitative estimate of drug-likeness (QED) is 0.881. The Balaban J connectivity index is 1.39. The number of halogens is 1. The Labute approximate surface area is 152 Å². The van der Waals surface area contributed by atoms with Crippen LogP contribution in [0.4, 0.5) is 4.39 Å². The number of oxazole rings is 1. The van der Waals surface area contributed by atoms with E-state index in [0.29, 0.717) is 29.0 Å². The molecule has 2 saturated carbocycles. The standard InChI is InChI=1S/C20H24FN3O2/c21-15-6-4-12(5-7-15)20-23-17(11-26-20)10-18(25)24-19-13-2-1-3-14(19)9-16(22)8-13/h4-7,11,13-14,16,19H,1-3,8-10,22H2,(H,24,25). The normalized spacial score (nSPS) is 27.9. The summed E-state index contributed by atoms with van der Waals surface area (Å²) in [7, 11) is 0. The minimum absolute atomic E-state index is 0.0265. The highest BCUT2D eigenvalue weighted by atomic mass is 19.1. The number of aromatic nitrogens is 1. The first-order valence-corrected chi connectivity index (χ1v) is 9.34. The van der Waals surface area contributed by atoms with Gasteiger partial charge in [0.25, 0.3) is 0 Å². The van der Waals surface area contributed by atoms with Gasteiger partial charge in [0.05, 0.1) is 12.1 Å². The summed E-state index contributed by atoms with van der Waals surface area (Å²) in [6, 6.07) is 6.44. The first-order chi connectivity index (χ1) is 12.6. The Morgan fingerprint density at radius 2 is 1.92 bits per heavy atom. The monoisotopic (exact) mass is 357 g/mol. The molecule has 2 bridgehead atoms. The molecule has 0 radical (unpaired) electrons. The maximum absolute atomic E-state index is 13.0. The number of fused-ring (bicyclic) bond motifs is 2. The number of nitrogens with two attached hydrogens (primary N) is 1. The SMILES string of the molecule is NC1CC2CCCC(C1)C2NC(=O)Cc1coc(-c2ccc(F)cc2)n1. The molecule has 2 aromatic rings. The van der Waals surface area contributed by atoms with Crippen molar-refractivity contribution in [2.75, 3.05) is 0 Å². The molecule has 2 aliphatic carbocycles. The molecule has 0 aliphatic heterocycles. The van der Waals surface area contributed by atoms with E-state index in [1.807, 2.05) is 0 Å². The summed E-state index contributed by atoms with van der Waals surface area (Å²) in [5.74, 6) is 1.05. The summed E-state index contributed by atoms with van der Waals surface area (Å²) in [6.07, 6.45) is 7.21. The van der Waals surface area contributed by atoms with Crippen LogP contribution in [0.1, 0.15) is 37.8 Å². The molecular weight excluding hydrogens is 333 g/mol. The van der Waals surface area contributed by atoms with Gasteiger partial charge in [-0.3, -0.25) is 4.79 Å². The molecule has 26 heavy (non-hydrogen) atoms. The van der Waals surface area contributed by atoms with Crippen LogP contribution in [0.25, 0.3) is 11.5 Å². The Morgan fingerprint density at radius 1 is 1.23 bits per heavy atom. The van der Waals surface area contributed by atoms with E-state index in [2.05, 4.69) is 10.3 Å². The Morgan fingerprint density at radius 3 is 2.62 bits per heavy atom. The lowest BCUT2D eigenvalue weighted by Crippen LogP contribution is -2.54. The highest BCUT2D eigenvalue weighted by Gasteiger charge is 2.39. The van der Waals surface area contributed by atoms with E-state index in [4.69, 9.17) is 10.2 Å². The lowest BCUT2D eigenvalue weighted by Gasteiger charge is -2.45. The van der Waals surface area contributed by atoms with Gasteiger partial charge in [0.15, 0.2) is 0 Å². The van der Waals surface area contributed by atoms with Crippen molar-refractivity contribution in [3.8, 4) is 11.5 Å². The molecule has 5 nitrogen and oxygen atoms in total. The second kappa shape index (κ2) is 7.19. The summed E-state index contributed by atoms with van der Waals surface area (Å²) >= 11 is 0. The molecular formula is C20H24FN3O2. The van der Waals surface area contributed by atoms with Crippen molar-refractivity contribution in [1.82, 2.24) is 10.3 Å². The predicted octanol–water partition coefficient (Wildman–Crippen LogP) is 3.05. The van der Waals surface area contributed by atoms with E-state index < -0.39 is 0 Å². The average Bonchev–Trinajstić information content (AvgIpc) is 3.04. The highest BCUT2D eigenvalue weighted by Crippen LogP contribution is 2.39. The molecule has 138 valence electrons. The number of carbonyl (C=O) groups is 1. The van der Waals surface area contributed by atoms with E-state index in [1.165, 1.54) is 24.8 Å². The van der Waals surface area contributed by atoms with Crippen molar-refractivity contribution >= 4 is 5.91 Å². The van der Waals surface area contributed by atoms with Crippen LogP contribution in [0, 0.1) is 17.7 Å². The topological polar surface area (TPSA) is 81.1 Å². The van der Waals surface area contributed by atoms with Crippen molar-refractivity contribution in [3.05, 3.63) is 42.0 Å². The molecule has 2 aliphatic rings. The van der Waals surface area contributed by atoms with Crippen molar-refractivity contribution in [2.45, 2.75) is 50.6 Å². The lowest BCUT2D eigenvalue weighted by molar-refractivity contribution is -0.122. The fourth-order valence-electron chi connectivity index (χ4n) is 4.54. The number of rotatable bonds is 4. The van der Waals surface area contributed by atoms with Crippen LogP contribution in [-0.4, -0.2) is 23.0 Å². The van der Waals surface area contributed by atoms with Gasteiger partial charge in [0, 0.05) is 17.6 Å². The number of nitrogens with one attached hydrogen (secondary N) is 1. The van der Waals surface area contributed by atoms with Gasteiger partial charge in [-0.2, -0.15) is 0 Å². The van der Waals surface area contributed by atoms with Crippen LogP contribution >= 0.6 is 0 Å². The van der Waals surface area contributed by atoms with Gasteiger partial charge in [-0.1, -0.05) is 6.42 Å². The van der Waals surface area contributed by atoms with Crippen molar-refractivity contribution in [1.29, 1.82) is 0 Å². The van der Waals surface area contributed by atoms with Gasteiger partial charge in [-0.25, -0.2) is 9.37 Å². The molecule has 0 saturated heterocycles. The molecule has 0 spiro atoms. The van der Waals surface area contributed by atoms with E-state index >= 15 is 0 Å². The highest BCUT2D eigenvalue weighted by molar-refractivity contribution is 5.78. The predicted molar refractivity (Wildman–Crippen MR) is 95.6 cm³/mol. The lowest BCUT2D eigenvalue weighted by atomic mass is 9.67. The third-order valence-electron chi connectivity index (χ3n) is 5.69. The fraction of sp³-hybridized carbons (Fsp3) is 0.500. The summed E-state index contributed by atoms with van der Waals surface area (Å²) in [5.41, 5.74) is 7.42. The largest absolute Gasteiger partial charge is 0.444 e. The molecule has 1 aromatic heterocycles. The van der Waals surface area contributed by atoms with Crippen LogP contribution in [0.2, 0.25) is 0 Å². The minimum Gasteiger partial charge on any atom is -0.444 e. The number of hydrogen-bond acceptors (Lipinski definition) is 4. The average molecular weight is 357 g/mol.